The van der Waals surface area contributed by atoms with Gasteiger partial charge in [-0.05, 0) is 97.5 Å². The van der Waals surface area contributed by atoms with Crippen molar-refractivity contribution in [3.8, 4) is 0 Å². The first-order valence-corrected chi connectivity index (χ1v) is 17.0. The molecule has 12 heteroatoms. The number of aryl methyl sites for hydroxylation is 1. The largest absolute Gasteiger partial charge is 0.351 e. The van der Waals surface area contributed by atoms with Gasteiger partial charge in [0, 0.05) is 31.1 Å². The summed E-state index contributed by atoms with van der Waals surface area (Å²) in [5.74, 6) is 0.253. The standard InChI is InChI=1S/C34H45N7O5/c1-18(2)26-17-41(33(45)37-26)34(32(44)36-24-6-4-5-7-24)15-22-12-13-25(14-23(22)16-34)35-31(43)29(27(20-8-9-20)21-10-11-21)38-30(42)28-19(3)39-46-40-28/h12-14,18,20-21,24,26-27,29H,4-11,15-17H2,1-3H3,(H,35,43)(H,36,44)(H,37,45)(H,38,42)/t26-,29-,34?/m0/s1. The number of nitrogens with one attached hydrogen (secondary N) is 4. The Morgan fingerprint density at radius 3 is 2.30 bits per heavy atom. The SMILES string of the molecule is Cc1nonc1C(=O)N[C@H](C(=O)Nc1ccc2c(c1)CC(C(=O)NC1CCCC1)(N1C[C@@H](C(C)C)NC1=O)C2)C(C1CC1)C1CC1. The molecule has 0 spiro atoms. The molecule has 4 fully saturated rings. The highest BCUT2D eigenvalue weighted by atomic mass is 16.6. The Kier molecular flexibility index (Phi) is 8.01. The Morgan fingerprint density at radius 1 is 1.00 bits per heavy atom. The van der Waals surface area contributed by atoms with Crippen molar-refractivity contribution in [2.24, 2.45) is 23.7 Å². The fraction of sp³-hybridized carbons (Fsp3) is 0.647. The molecule has 3 atom stereocenters. The second-order valence-electron chi connectivity index (χ2n) is 14.6. The summed E-state index contributed by atoms with van der Waals surface area (Å²) < 4.78 is 4.74. The Labute approximate surface area is 269 Å². The van der Waals surface area contributed by atoms with Crippen molar-refractivity contribution in [1.82, 2.24) is 31.2 Å². The van der Waals surface area contributed by atoms with Crippen molar-refractivity contribution in [3.05, 3.63) is 40.7 Å². The lowest BCUT2D eigenvalue weighted by Crippen LogP contribution is -2.61. The molecule has 12 nitrogen and oxygen atoms in total. The maximum Gasteiger partial charge on any atom is 0.318 e. The summed E-state index contributed by atoms with van der Waals surface area (Å²) >= 11 is 0. The highest BCUT2D eigenvalue weighted by Gasteiger charge is 2.54. The number of amides is 5. The first-order chi connectivity index (χ1) is 22.1. The Hall–Kier alpha value is -3.96. The van der Waals surface area contributed by atoms with E-state index >= 15 is 0 Å². The van der Waals surface area contributed by atoms with Gasteiger partial charge in [0.15, 0.2) is 5.69 Å². The minimum atomic E-state index is -1.04. The molecule has 1 aromatic heterocycles. The van der Waals surface area contributed by atoms with E-state index in [1.807, 2.05) is 18.2 Å². The lowest BCUT2D eigenvalue weighted by molar-refractivity contribution is -0.132. The van der Waals surface area contributed by atoms with Crippen molar-refractivity contribution in [1.29, 1.82) is 0 Å². The maximum absolute atomic E-state index is 14.1. The van der Waals surface area contributed by atoms with Gasteiger partial charge in [-0.15, -0.1) is 0 Å². The van der Waals surface area contributed by atoms with Crippen molar-refractivity contribution in [2.45, 2.75) is 109 Å². The Morgan fingerprint density at radius 2 is 1.70 bits per heavy atom. The molecule has 0 radical (unpaired) electrons. The highest BCUT2D eigenvalue weighted by Crippen LogP contribution is 2.51. The molecule has 5 amide bonds. The number of fused-ring (bicyclic) bond motifs is 1. The molecule has 46 heavy (non-hydrogen) atoms. The molecule has 2 aromatic rings. The van der Waals surface area contributed by atoms with Crippen LogP contribution < -0.4 is 21.3 Å². The van der Waals surface area contributed by atoms with Gasteiger partial charge in [-0.25, -0.2) is 9.42 Å². The molecule has 4 N–H and O–H groups in total. The molecule has 1 aromatic carbocycles. The highest BCUT2D eigenvalue weighted by molar-refractivity contribution is 6.01. The van der Waals surface area contributed by atoms with Crippen LogP contribution in [0.4, 0.5) is 10.5 Å². The van der Waals surface area contributed by atoms with E-state index in [0.717, 1.165) is 62.5 Å². The van der Waals surface area contributed by atoms with E-state index in [4.69, 9.17) is 4.63 Å². The van der Waals surface area contributed by atoms with Crippen LogP contribution in [0, 0.1) is 30.6 Å². The Balaban J connectivity index is 1.13. The average Bonchev–Trinajstić information content (AvgIpc) is 3.83. The summed E-state index contributed by atoms with van der Waals surface area (Å²) in [4.78, 5) is 56.4. The monoisotopic (exact) mass is 631 g/mol. The molecule has 5 aliphatic rings. The fourth-order valence-corrected chi connectivity index (χ4v) is 8.00. The Bertz CT molecular complexity index is 1510. The number of nitrogens with zero attached hydrogens (tertiary/aromatic N) is 3. The van der Waals surface area contributed by atoms with Crippen LogP contribution in [0.3, 0.4) is 0 Å². The molecule has 3 saturated carbocycles. The van der Waals surface area contributed by atoms with Crippen LogP contribution in [0.1, 0.15) is 92.5 Å². The third kappa shape index (κ3) is 5.86. The van der Waals surface area contributed by atoms with E-state index in [-0.39, 0.29) is 47.5 Å². The number of benzene rings is 1. The molecule has 1 unspecified atom stereocenters. The minimum Gasteiger partial charge on any atom is -0.351 e. The number of hydrogen-bond donors (Lipinski definition) is 4. The first-order valence-electron chi connectivity index (χ1n) is 17.0. The van der Waals surface area contributed by atoms with Crippen LogP contribution in [-0.4, -0.2) is 69.2 Å². The predicted molar refractivity (Wildman–Crippen MR) is 169 cm³/mol. The van der Waals surface area contributed by atoms with E-state index in [0.29, 0.717) is 42.6 Å². The number of urea groups is 1. The maximum atomic E-state index is 14.1. The molecular weight excluding hydrogens is 586 g/mol. The summed E-state index contributed by atoms with van der Waals surface area (Å²) in [5.41, 5.74) is 1.95. The van der Waals surface area contributed by atoms with Crippen LogP contribution in [0.2, 0.25) is 0 Å². The number of carbonyl (C=O) groups excluding carboxylic acids is 4. The average molecular weight is 632 g/mol. The zero-order chi connectivity index (χ0) is 32.2. The molecule has 0 bridgehead atoms. The zero-order valence-corrected chi connectivity index (χ0v) is 26.9. The van der Waals surface area contributed by atoms with E-state index in [2.05, 4.69) is 45.4 Å². The van der Waals surface area contributed by atoms with Crippen molar-refractivity contribution in [3.63, 3.8) is 0 Å². The van der Waals surface area contributed by atoms with E-state index < -0.39 is 17.5 Å². The predicted octanol–water partition coefficient (Wildman–Crippen LogP) is 3.50. The number of carbonyl (C=O) groups is 4. The fourth-order valence-electron chi connectivity index (χ4n) is 8.00. The van der Waals surface area contributed by atoms with Crippen LogP contribution in [0.15, 0.2) is 22.8 Å². The molecule has 7 rings (SSSR count). The van der Waals surface area contributed by atoms with E-state index in [1.165, 1.54) is 0 Å². The normalized spacial score (nSPS) is 25.1. The van der Waals surface area contributed by atoms with Crippen LogP contribution in [0.25, 0.3) is 0 Å². The zero-order valence-electron chi connectivity index (χ0n) is 26.9. The lowest BCUT2D eigenvalue weighted by atomic mass is 9.88. The van der Waals surface area contributed by atoms with Crippen molar-refractivity contribution < 1.29 is 23.8 Å². The number of rotatable bonds is 11. The number of anilines is 1. The van der Waals surface area contributed by atoms with Crippen LogP contribution >= 0.6 is 0 Å². The summed E-state index contributed by atoms with van der Waals surface area (Å²) in [6, 6.07) is 4.91. The number of hydrogen-bond acceptors (Lipinski definition) is 7. The van der Waals surface area contributed by atoms with Gasteiger partial charge in [-0.3, -0.25) is 14.4 Å². The summed E-state index contributed by atoms with van der Waals surface area (Å²) in [6.45, 7) is 6.27. The lowest BCUT2D eigenvalue weighted by Gasteiger charge is -2.37. The van der Waals surface area contributed by atoms with Gasteiger partial charge < -0.3 is 26.2 Å². The number of aromatic nitrogens is 2. The third-order valence-corrected chi connectivity index (χ3v) is 11.0. The van der Waals surface area contributed by atoms with E-state index in [9.17, 15) is 19.2 Å². The van der Waals surface area contributed by atoms with Gasteiger partial charge in [0.2, 0.25) is 11.8 Å². The molecule has 4 aliphatic carbocycles. The molecule has 246 valence electrons. The second-order valence-corrected chi connectivity index (χ2v) is 14.6. The molecule has 1 saturated heterocycles. The van der Waals surface area contributed by atoms with Gasteiger partial charge in [-0.2, -0.15) is 0 Å². The van der Waals surface area contributed by atoms with Gasteiger partial charge >= 0.3 is 6.03 Å². The summed E-state index contributed by atoms with van der Waals surface area (Å²) in [5, 5.41) is 19.9. The first kappa shape index (κ1) is 30.7. The van der Waals surface area contributed by atoms with Crippen LogP contribution in [0.5, 0.6) is 0 Å². The summed E-state index contributed by atoms with van der Waals surface area (Å²) in [7, 11) is 0. The quantitative estimate of drug-likeness (QED) is 0.296. The summed E-state index contributed by atoms with van der Waals surface area (Å²) in [6.07, 6.45) is 9.11. The van der Waals surface area contributed by atoms with Crippen molar-refractivity contribution in [2.75, 3.05) is 11.9 Å². The topological polar surface area (TPSA) is 159 Å². The van der Waals surface area contributed by atoms with Crippen LogP contribution in [-0.2, 0) is 22.4 Å². The van der Waals surface area contributed by atoms with Gasteiger partial charge in [0.1, 0.15) is 17.3 Å². The van der Waals surface area contributed by atoms with Gasteiger partial charge in [0.25, 0.3) is 5.91 Å². The van der Waals surface area contributed by atoms with Crippen molar-refractivity contribution >= 4 is 29.4 Å². The molecule has 1 aliphatic heterocycles. The minimum absolute atomic E-state index is 0.0305. The second kappa shape index (κ2) is 12.0. The molecular formula is C34H45N7O5. The van der Waals surface area contributed by atoms with E-state index in [1.54, 1.807) is 11.8 Å². The van der Waals surface area contributed by atoms with Gasteiger partial charge in [-0.1, -0.05) is 37.9 Å². The smallest absolute Gasteiger partial charge is 0.318 e. The molecule has 2 heterocycles. The van der Waals surface area contributed by atoms with Gasteiger partial charge in [0.05, 0.1) is 6.04 Å². The third-order valence-electron chi connectivity index (χ3n) is 11.0.